The third-order valence-electron chi connectivity index (χ3n) is 2.38. The van der Waals surface area contributed by atoms with Gasteiger partial charge in [-0.1, -0.05) is 0 Å². The van der Waals surface area contributed by atoms with Crippen molar-refractivity contribution in [3.05, 3.63) is 30.8 Å². The van der Waals surface area contributed by atoms with E-state index < -0.39 is 0 Å². The van der Waals surface area contributed by atoms with Gasteiger partial charge in [-0.3, -0.25) is 4.48 Å². The highest BCUT2D eigenvalue weighted by Gasteiger charge is 2.16. The molecule has 13 heavy (non-hydrogen) atoms. The van der Waals surface area contributed by atoms with E-state index in [9.17, 15) is 0 Å². The van der Waals surface area contributed by atoms with Crippen molar-refractivity contribution in [2.45, 2.75) is 6.92 Å². The minimum atomic E-state index is 0.782. The Morgan fingerprint density at radius 1 is 1.15 bits per heavy atom. The molecule has 0 saturated carbocycles. The normalized spacial score (nSPS) is 11.4. The Morgan fingerprint density at radius 3 is 2.08 bits per heavy atom. The van der Waals surface area contributed by atoms with Crippen molar-refractivity contribution in [3.8, 4) is 5.75 Å². The summed E-state index contributed by atoms with van der Waals surface area (Å²) in [6.07, 6.45) is 0. The first-order valence-corrected chi connectivity index (χ1v) is 4.39. The molecule has 2 nitrogen and oxygen atoms in total. The van der Waals surface area contributed by atoms with Crippen LogP contribution in [0, 0.1) is 6.54 Å². The van der Waals surface area contributed by atoms with Crippen LogP contribution in [0.2, 0.25) is 0 Å². The number of benzene rings is 1. The number of nitrogens with zero attached hydrogens (tertiary/aromatic N) is 1. The first-order valence-electron chi connectivity index (χ1n) is 4.39. The Kier molecular flexibility index (Phi) is 2.94. The molecular weight excluding hydrogens is 162 g/mol. The summed E-state index contributed by atoms with van der Waals surface area (Å²) in [5.74, 6) is 0.903. The minimum Gasteiger partial charge on any atom is -0.497 e. The summed E-state index contributed by atoms with van der Waals surface area (Å²) in [6, 6.07) is 8.13. The zero-order chi connectivity index (χ0) is 9.90. The first kappa shape index (κ1) is 10.1. The summed E-state index contributed by atoms with van der Waals surface area (Å²) in [5, 5.41) is 0. The number of hydrogen-bond donors (Lipinski definition) is 0. The van der Waals surface area contributed by atoms with Crippen LogP contribution in [0.3, 0.4) is 0 Å². The fraction of sp³-hybridized carbons (Fsp3) is 0.364. The lowest BCUT2D eigenvalue weighted by Crippen LogP contribution is -2.35. The summed E-state index contributed by atoms with van der Waals surface area (Å²) in [6.45, 7) is 4.20. The average Bonchev–Trinajstić information content (AvgIpc) is 2.18. The monoisotopic (exact) mass is 179 g/mol. The molecule has 0 saturated heterocycles. The number of hydrogen-bond acceptors (Lipinski definition) is 1. The Balaban J connectivity index is 2.92. The second-order valence-corrected chi connectivity index (χ2v) is 3.50. The standard InChI is InChI=1S/C11H17NO/c1-5-12(2,3)10-6-8-11(13-4)9-7-10/h5-9H,1-4H3/q+1. The van der Waals surface area contributed by atoms with E-state index in [-0.39, 0.29) is 0 Å². The number of methoxy groups -OCH3 is 1. The second kappa shape index (κ2) is 3.79. The molecule has 0 aliphatic carbocycles. The second-order valence-electron chi connectivity index (χ2n) is 3.50. The van der Waals surface area contributed by atoms with E-state index in [1.54, 1.807) is 7.11 Å². The average molecular weight is 179 g/mol. The van der Waals surface area contributed by atoms with Gasteiger partial charge in [0.1, 0.15) is 18.0 Å². The van der Waals surface area contributed by atoms with Gasteiger partial charge in [0, 0.05) is 12.1 Å². The van der Waals surface area contributed by atoms with Crippen LogP contribution >= 0.6 is 0 Å². The third-order valence-corrected chi connectivity index (χ3v) is 2.38. The van der Waals surface area contributed by atoms with Crippen LogP contribution in [0.25, 0.3) is 0 Å². The molecule has 0 aromatic heterocycles. The maximum atomic E-state index is 5.10. The lowest BCUT2D eigenvalue weighted by molar-refractivity contribution is 0.413. The largest absolute Gasteiger partial charge is 0.497 e. The van der Waals surface area contributed by atoms with Gasteiger partial charge in [0.15, 0.2) is 0 Å². The van der Waals surface area contributed by atoms with Gasteiger partial charge >= 0.3 is 0 Å². The summed E-state index contributed by atoms with van der Waals surface area (Å²) < 4.78 is 5.88. The maximum absolute atomic E-state index is 5.10. The first-order chi connectivity index (χ1) is 6.10. The molecule has 0 aliphatic rings. The Labute approximate surface area is 80.3 Å². The highest BCUT2D eigenvalue weighted by atomic mass is 16.5. The van der Waals surface area contributed by atoms with Crippen molar-refractivity contribution in [2.24, 2.45) is 0 Å². The zero-order valence-corrected chi connectivity index (χ0v) is 8.74. The predicted molar refractivity (Wildman–Crippen MR) is 56.6 cm³/mol. The van der Waals surface area contributed by atoms with Gasteiger partial charge in [0.25, 0.3) is 0 Å². The smallest absolute Gasteiger partial charge is 0.143 e. The molecule has 0 atom stereocenters. The van der Waals surface area contributed by atoms with Crippen molar-refractivity contribution >= 4 is 5.69 Å². The SMILES string of the molecule is C[CH][N+](C)(C)c1ccc(OC)cc1. The van der Waals surface area contributed by atoms with Crippen LogP contribution in [-0.2, 0) is 0 Å². The van der Waals surface area contributed by atoms with Gasteiger partial charge in [-0.2, -0.15) is 0 Å². The molecule has 0 N–H and O–H groups in total. The van der Waals surface area contributed by atoms with Gasteiger partial charge in [0.2, 0.25) is 0 Å². The summed E-state index contributed by atoms with van der Waals surface area (Å²) >= 11 is 0. The molecule has 1 radical (unpaired) electrons. The van der Waals surface area contributed by atoms with Crippen LogP contribution in [0.15, 0.2) is 24.3 Å². The lowest BCUT2D eigenvalue weighted by atomic mass is 10.2. The summed E-state index contributed by atoms with van der Waals surface area (Å²) in [7, 11) is 5.96. The molecule has 0 amide bonds. The third kappa shape index (κ3) is 2.22. The molecule has 1 aromatic carbocycles. The molecule has 71 valence electrons. The van der Waals surface area contributed by atoms with E-state index in [2.05, 4.69) is 39.7 Å². The molecule has 1 aromatic rings. The Morgan fingerprint density at radius 2 is 1.69 bits per heavy atom. The van der Waals surface area contributed by atoms with Crippen molar-refractivity contribution in [3.63, 3.8) is 0 Å². The van der Waals surface area contributed by atoms with Crippen LogP contribution in [0.1, 0.15) is 6.92 Å². The number of quaternary nitrogens is 1. The molecular formula is C11H17NO+. The number of rotatable bonds is 3. The highest BCUT2D eigenvalue weighted by molar-refractivity contribution is 5.45. The number of ether oxygens (including phenoxy) is 1. The van der Waals surface area contributed by atoms with E-state index >= 15 is 0 Å². The van der Waals surface area contributed by atoms with Gasteiger partial charge in [-0.15, -0.1) is 0 Å². The van der Waals surface area contributed by atoms with Crippen molar-refractivity contribution in [1.29, 1.82) is 0 Å². The molecule has 2 heteroatoms. The van der Waals surface area contributed by atoms with Gasteiger partial charge in [-0.25, -0.2) is 0 Å². The highest BCUT2D eigenvalue weighted by Crippen LogP contribution is 2.23. The summed E-state index contributed by atoms with van der Waals surface area (Å²) in [5.41, 5.74) is 1.25. The van der Waals surface area contributed by atoms with Crippen LogP contribution < -0.4 is 9.22 Å². The van der Waals surface area contributed by atoms with E-state index in [0.29, 0.717) is 0 Å². The molecule has 0 spiro atoms. The van der Waals surface area contributed by atoms with Crippen molar-refractivity contribution < 1.29 is 4.74 Å². The van der Waals surface area contributed by atoms with Crippen molar-refractivity contribution in [2.75, 3.05) is 21.2 Å². The fourth-order valence-corrected chi connectivity index (χ4v) is 1.12. The minimum absolute atomic E-state index is 0.782. The fourth-order valence-electron chi connectivity index (χ4n) is 1.12. The van der Waals surface area contributed by atoms with E-state index in [0.717, 1.165) is 10.2 Å². The van der Waals surface area contributed by atoms with Gasteiger partial charge in [0.05, 0.1) is 21.2 Å². The van der Waals surface area contributed by atoms with E-state index in [1.165, 1.54) is 5.69 Å². The topological polar surface area (TPSA) is 9.23 Å². The van der Waals surface area contributed by atoms with Gasteiger partial charge < -0.3 is 4.74 Å². The van der Waals surface area contributed by atoms with E-state index in [1.807, 2.05) is 12.1 Å². The maximum Gasteiger partial charge on any atom is 0.143 e. The van der Waals surface area contributed by atoms with E-state index in [4.69, 9.17) is 4.74 Å². The molecule has 1 rings (SSSR count). The van der Waals surface area contributed by atoms with Crippen molar-refractivity contribution in [1.82, 2.24) is 4.48 Å². The lowest BCUT2D eigenvalue weighted by Gasteiger charge is -2.26. The zero-order valence-electron chi connectivity index (χ0n) is 8.74. The molecule has 0 fully saturated rings. The Hall–Kier alpha value is -1.02. The van der Waals surface area contributed by atoms with Crippen LogP contribution in [0.4, 0.5) is 5.69 Å². The quantitative estimate of drug-likeness (QED) is 0.648. The van der Waals surface area contributed by atoms with Crippen LogP contribution in [0.5, 0.6) is 5.75 Å². The molecule has 0 aliphatic heterocycles. The molecule has 0 heterocycles. The molecule has 0 bridgehead atoms. The predicted octanol–water partition coefficient (Wildman–Crippen LogP) is 2.44. The van der Waals surface area contributed by atoms with Gasteiger partial charge in [-0.05, 0) is 19.1 Å². The molecule has 0 unspecified atom stereocenters. The Bertz CT molecular complexity index is 264. The van der Waals surface area contributed by atoms with Crippen LogP contribution in [-0.4, -0.2) is 21.2 Å². The summed E-state index contributed by atoms with van der Waals surface area (Å²) in [4.78, 5) is 0.